The van der Waals surface area contributed by atoms with Crippen LogP contribution in [0.25, 0.3) is 10.8 Å². The van der Waals surface area contributed by atoms with E-state index in [9.17, 15) is 14.7 Å². The van der Waals surface area contributed by atoms with E-state index in [2.05, 4.69) is 5.32 Å². The molecule has 2 bridgehead atoms. The highest BCUT2D eigenvalue weighted by Gasteiger charge is 2.55. The molecule has 4 atom stereocenters. The number of hydrogen-bond acceptors (Lipinski definition) is 3. The van der Waals surface area contributed by atoms with E-state index < -0.39 is 17.8 Å². The first-order chi connectivity index (χ1) is 11.6. The van der Waals surface area contributed by atoms with E-state index in [1.54, 1.807) is 12.1 Å². The number of nitrogens with one attached hydrogen (secondary N) is 1. The quantitative estimate of drug-likeness (QED) is 0.894. The van der Waals surface area contributed by atoms with Crippen LogP contribution < -0.4 is 5.32 Å². The first-order valence-corrected chi connectivity index (χ1v) is 8.30. The number of carboxylic acid groups (broad SMARTS) is 1. The second kappa shape index (κ2) is 5.76. The van der Waals surface area contributed by atoms with Crippen LogP contribution in [0.2, 0.25) is 5.02 Å². The molecule has 2 N–H and O–H groups in total. The van der Waals surface area contributed by atoms with Crippen molar-refractivity contribution in [3.05, 3.63) is 41.4 Å². The molecule has 124 valence electrons. The lowest BCUT2D eigenvalue weighted by molar-refractivity contribution is -0.147. The van der Waals surface area contributed by atoms with Crippen LogP contribution in [0.4, 0.5) is 5.69 Å². The van der Waals surface area contributed by atoms with E-state index in [-0.39, 0.29) is 18.1 Å². The Morgan fingerprint density at radius 1 is 1.04 bits per heavy atom. The molecule has 0 saturated carbocycles. The molecule has 2 aliphatic heterocycles. The van der Waals surface area contributed by atoms with E-state index in [1.807, 2.05) is 24.3 Å². The molecule has 2 aromatic carbocycles. The van der Waals surface area contributed by atoms with Gasteiger partial charge in [0.05, 0.1) is 24.0 Å². The van der Waals surface area contributed by atoms with Crippen molar-refractivity contribution in [2.24, 2.45) is 11.8 Å². The summed E-state index contributed by atoms with van der Waals surface area (Å²) in [5.41, 5.74) is 0.631. The largest absolute Gasteiger partial charge is 0.481 e. The molecule has 2 heterocycles. The molecule has 24 heavy (non-hydrogen) atoms. The van der Waals surface area contributed by atoms with Gasteiger partial charge in [0.1, 0.15) is 0 Å². The molecular formula is C18H16ClNO4. The summed E-state index contributed by atoms with van der Waals surface area (Å²) >= 11 is 6.20. The minimum Gasteiger partial charge on any atom is -0.481 e. The Labute approximate surface area is 143 Å². The topological polar surface area (TPSA) is 75.6 Å². The molecular weight excluding hydrogens is 330 g/mol. The van der Waals surface area contributed by atoms with Gasteiger partial charge in [-0.3, -0.25) is 9.59 Å². The lowest BCUT2D eigenvalue weighted by atomic mass is 9.78. The third-order valence-corrected chi connectivity index (χ3v) is 5.32. The van der Waals surface area contributed by atoms with Crippen molar-refractivity contribution in [2.75, 3.05) is 5.32 Å². The Kier molecular flexibility index (Phi) is 3.70. The summed E-state index contributed by atoms with van der Waals surface area (Å²) < 4.78 is 5.66. The van der Waals surface area contributed by atoms with Crippen LogP contribution in [-0.2, 0) is 14.3 Å². The Balaban J connectivity index is 1.65. The van der Waals surface area contributed by atoms with Gasteiger partial charge >= 0.3 is 5.97 Å². The third kappa shape index (κ3) is 2.36. The minimum atomic E-state index is -0.969. The highest BCUT2D eigenvalue weighted by Crippen LogP contribution is 2.44. The number of fused-ring (bicyclic) bond motifs is 3. The van der Waals surface area contributed by atoms with Gasteiger partial charge in [0.25, 0.3) is 0 Å². The molecule has 2 aliphatic rings. The molecule has 1 amide bonds. The number of benzene rings is 2. The smallest absolute Gasteiger partial charge is 0.310 e. The molecule has 2 saturated heterocycles. The molecule has 0 unspecified atom stereocenters. The fraction of sp³-hybridized carbons (Fsp3) is 0.333. The second-order valence-corrected chi connectivity index (χ2v) is 6.72. The summed E-state index contributed by atoms with van der Waals surface area (Å²) in [5, 5.41) is 14.6. The van der Waals surface area contributed by atoms with Crippen LogP contribution in [0.3, 0.4) is 0 Å². The molecule has 0 spiro atoms. The molecule has 2 aromatic rings. The normalized spacial score (nSPS) is 28.2. The minimum absolute atomic E-state index is 0.304. The Morgan fingerprint density at radius 2 is 1.71 bits per heavy atom. The molecule has 0 aromatic heterocycles. The molecule has 4 rings (SSSR count). The molecule has 2 fully saturated rings. The van der Waals surface area contributed by atoms with Gasteiger partial charge in [0.15, 0.2) is 0 Å². The zero-order valence-corrected chi connectivity index (χ0v) is 13.5. The van der Waals surface area contributed by atoms with E-state index >= 15 is 0 Å². The number of halogens is 1. The average Bonchev–Trinajstić information content (AvgIpc) is 3.18. The highest BCUT2D eigenvalue weighted by atomic mass is 35.5. The lowest BCUT2D eigenvalue weighted by Gasteiger charge is -2.24. The van der Waals surface area contributed by atoms with Crippen molar-refractivity contribution < 1.29 is 19.4 Å². The number of carboxylic acids is 1. The molecule has 5 nitrogen and oxygen atoms in total. The number of hydrogen-bond donors (Lipinski definition) is 2. The average molecular weight is 346 g/mol. The fourth-order valence-electron chi connectivity index (χ4n) is 3.91. The number of ether oxygens (including phenoxy) is 1. The lowest BCUT2D eigenvalue weighted by Crippen LogP contribution is -2.40. The van der Waals surface area contributed by atoms with E-state index in [0.717, 1.165) is 17.2 Å². The first kappa shape index (κ1) is 15.4. The monoisotopic (exact) mass is 345 g/mol. The summed E-state index contributed by atoms with van der Waals surface area (Å²) in [6.07, 6.45) is 0.767. The van der Waals surface area contributed by atoms with Crippen molar-refractivity contribution in [1.82, 2.24) is 0 Å². The van der Waals surface area contributed by atoms with Crippen molar-refractivity contribution in [3.63, 3.8) is 0 Å². The van der Waals surface area contributed by atoms with Gasteiger partial charge < -0.3 is 15.2 Å². The number of carbonyl (C=O) groups excluding carboxylic acids is 1. The number of carbonyl (C=O) groups is 2. The number of aliphatic carboxylic acids is 1. The number of rotatable bonds is 3. The van der Waals surface area contributed by atoms with Crippen molar-refractivity contribution >= 4 is 39.9 Å². The van der Waals surface area contributed by atoms with Crippen LogP contribution in [-0.4, -0.2) is 29.2 Å². The predicted molar refractivity (Wildman–Crippen MR) is 90.1 cm³/mol. The summed E-state index contributed by atoms with van der Waals surface area (Å²) in [6, 6.07) is 11.0. The third-order valence-electron chi connectivity index (χ3n) is 4.99. The van der Waals surface area contributed by atoms with Crippen LogP contribution in [0.1, 0.15) is 12.8 Å². The number of amides is 1. The van der Waals surface area contributed by atoms with Crippen LogP contribution in [0, 0.1) is 11.8 Å². The SMILES string of the molecule is O=C(O)[C@@H]1[C@H](C(=O)Nc2ccc(Cl)c3ccccc23)[C@H]2CC[C@H]1O2. The maximum Gasteiger partial charge on any atom is 0.310 e. The highest BCUT2D eigenvalue weighted by molar-refractivity contribution is 6.36. The van der Waals surface area contributed by atoms with Gasteiger partial charge in [-0.1, -0.05) is 35.9 Å². The molecule has 0 aliphatic carbocycles. The molecule has 0 radical (unpaired) electrons. The van der Waals surface area contributed by atoms with Gasteiger partial charge in [0.2, 0.25) is 5.91 Å². The van der Waals surface area contributed by atoms with Gasteiger partial charge in [0, 0.05) is 21.5 Å². The first-order valence-electron chi connectivity index (χ1n) is 7.92. The summed E-state index contributed by atoms with van der Waals surface area (Å²) in [6.45, 7) is 0. The standard InChI is InChI=1S/C18H16ClNO4/c19-11-5-6-12(10-4-2-1-3-9(10)11)20-17(21)15-13-7-8-14(24-13)16(15)18(22)23/h1-6,13-16H,7-8H2,(H,20,21)(H,22,23)/t13-,14-,15-,16+/m1/s1. The zero-order chi connectivity index (χ0) is 16.8. The maximum absolute atomic E-state index is 12.8. The summed E-state index contributed by atoms with van der Waals surface area (Å²) in [7, 11) is 0. The van der Waals surface area contributed by atoms with Crippen LogP contribution >= 0.6 is 11.6 Å². The Morgan fingerprint density at radius 3 is 2.42 bits per heavy atom. The Bertz CT molecular complexity index is 837. The fourth-order valence-corrected chi connectivity index (χ4v) is 4.14. The summed E-state index contributed by atoms with van der Waals surface area (Å²) in [5.74, 6) is -2.71. The predicted octanol–water partition coefficient (Wildman–Crippen LogP) is 3.31. The number of anilines is 1. The van der Waals surface area contributed by atoms with Crippen molar-refractivity contribution in [2.45, 2.75) is 25.0 Å². The maximum atomic E-state index is 12.8. The van der Waals surface area contributed by atoms with Gasteiger partial charge in [-0.25, -0.2) is 0 Å². The van der Waals surface area contributed by atoms with Crippen molar-refractivity contribution in [3.8, 4) is 0 Å². The Hall–Kier alpha value is -2.11. The van der Waals surface area contributed by atoms with Gasteiger partial charge in [-0.15, -0.1) is 0 Å². The van der Waals surface area contributed by atoms with Crippen LogP contribution in [0.15, 0.2) is 36.4 Å². The van der Waals surface area contributed by atoms with E-state index in [0.29, 0.717) is 17.1 Å². The van der Waals surface area contributed by atoms with E-state index in [1.165, 1.54) is 0 Å². The molecule has 6 heteroatoms. The van der Waals surface area contributed by atoms with E-state index in [4.69, 9.17) is 16.3 Å². The van der Waals surface area contributed by atoms with Crippen molar-refractivity contribution in [1.29, 1.82) is 0 Å². The van der Waals surface area contributed by atoms with Crippen LogP contribution in [0.5, 0.6) is 0 Å². The van der Waals surface area contributed by atoms with Gasteiger partial charge in [-0.05, 0) is 25.0 Å². The van der Waals surface area contributed by atoms with Gasteiger partial charge in [-0.2, -0.15) is 0 Å². The summed E-state index contributed by atoms with van der Waals surface area (Å²) in [4.78, 5) is 24.3. The zero-order valence-electron chi connectivity index (χ0n) is 12.7. The second-order valence-electron chi connectivity index (χ2n) is 6.31.